The van der Waals surface area contributed by atoms with Crippen LogP contribution in [0.2, 0.25) is 0 Å². The van der Waals surface area contributed by atoms with E-state index < -0.39 is 0 Å². The zero-order valence-corrected chi connectivity index (χ0v) is 12.6. The minimum Gasteiger partial charge on any atom is -0.313 e. The molecule has 0 aromatic heterocycles. The van der Waals surface area contributed by atoms with Crippen LogP contribution in [0, 0.1) is 31.5 Å². The first-order valence-corrected chi connectivity index (χ1v) is 7.46. The molecule has 3 atom stereocenters. The molecule has 0 saturated heterocycles. The largest absolute Gasteiger partial charge is 0.313 e. The third-order valence-electron chi connectivity index (χ3n) is 4.55. The second kappa shape index (κ2) is 6.04. The van der Waals surface area contributed by atoms with Crippen molar-refractivity contribution >= 4 is 0 Å². The topological polar surface area (TPSA) is 12.0 Å². The number of hydrogen-bond acceptors (Lipinski definition) is 1. The zero-order valence-electron chi connectivity index (χ0n) is 12.6. The minimum atomic E-state index is -0.0462. The summed E-state index contributed by atoms with van der Waals surface area (Å²) in [4.78, 5) is 0. The quantitative estimate of drug-likeness (QED) is 0.845. The Labute approximate surface area is 116 Å². The van der Waals surface area contributed by atoms with E-state index in [9.17, 15) is 4.39 Å². The fraction of sp³-hybridized carbons (Fsp3) is 0.647. The van der Waals surface area contributed by atoms with E-state index in [2.05, 4.69) is 18.3 Å². The van der Waals surface area contributed by atoms with Gasteiger partial charge in [-0.05, 0) is 62.8 Å². The van der Waals surface area contributed by atoms with E-state index >= 15 is 0 Å². The van der Waals surface area contributed by atoms with Crippen molar-refractivity contribution in [2.75, 3.05) is 7.05 Å². The van der Waals surface area contributed by atoms with Gasteiger partial charge in [-0.1, -0.05) is 25.8 Å². The molecule has 1 aliphatic carbocycles. The van der Waals surface area contributed by atoms with Crippen molar-refractivity contribution < 1.29 is 4.39 Å². The Morgan fingerprint density at radius 2 is 2.00 bits per heavy atom. The van der Waals surface area contributed by atoms with Crippen LogP contribution >= 0.6 is 0 Å². The highest BCUT2D eigenvalue weighted by Gasteiger charge is 2.29. The highest BCUT2D eigenvalue weighted by atomic mass is 19.1. The Bertz CT molecular complexity index is 418. The molecule has 0 bridgehead atoms. The van der Waals surface area contributed by atoms with Gasteiger partial charge in [-0.25, -0.2) is 4.39 Å². The van der Waals surface area contributed by atoms with Crippen LogP contribution in [-0.2, 0) is 0 Å². The first-order chi connectivity index (χ1) is 9.02. The average molecular weight is 263 g/mol. The standard InChI is InChI=1S/C17H26FN/c1-11-6-5-7-14(9-11)17(19-4)16-13(3)8-12(2)10-15(16)18/h8,10-11,14,17,19H,5-7,9H2,1-4H3. The number of hydrogen-bond donors (Lipinski definition) is 1. The molecular weight excluding hydrogens is 237 g/mol. The lowest BCUT2D eigenvalue weighted by Crippen LogP contribution is -2.30. The van der Waals surface area contributed by atoms with Crippen molar-refractivity contribution in [3.05, 3.63) is 34.6 Å². The lowest BCUT2D eigenvalue weighted by atomic mass is 9.76. The highest BCUT2D eigenvalue weighted by molar-refractivity contribution is 5.34. The molecule has 2 rings (SSSR count). The van der Waals surface area contributed by atoms with Gasteiger partial charge in [-0.2, -0.15) is 0 Å². The number of benzene rings is 1. The molecule has 1 saturated carbocycles. The van der Waals surface area contributed by atoms with Crippen LogP contribution in [0.4, 0.5) is 4.39 Å². The molecule has 1 aromatic carbocycles. The molecule has 106 valence electrons. The summed E-state index contributed by atoms with van der Waals surface area (Å²) in [7, 11) is 1.96. The summed E-state index contributed by atoms with van der Waals surface area (Å²) in [6, 6.07) is 3.91. The van der Waals surface area contributed by atoms with Gasteiger partial charge in [-0.15, -0.1) is 0 Å². The average Bonchev–Trinajstić information content (AvgIpc) is 2.33. The number of halogens is 1. The third-order valence-corrected chi connectivity index (χ3v) is 4.55. The first-order valence-electron chi connectivity index (χ1n) is 7.46. The summed E-state index contributed by atoms with van der Waals surface area (Å²) in [6.07, 6.45) is 5.01. The molecule has 3 unspecified atom stereocenters. The predicted octanol–water partition coefficient (Wildman–Crippen LogP) is 4.53. The first kappa shape index (κ1) is 14.5. The van der Waals surface area contributed by atoms with Crippen molar-refractivity contribution in [1.29, 1.82) is 0 Å². The van der Waals surface area contributed by atoms with Crippen molar-refractivity contribution in [1.82, 2.24) is 5.32 Å². The van der Waals surface area contributed by atoms with E-state index in [0.717, 1.165) is 22.6 Å². The minimum absolute atomic E-state index is 0.0462. The zero-order chi connectivity index (χ0) is 14.0. The van der Waals surface area contributed by atoms with Crippen LogP contribution in [0.15, 0.2) is 12.1 Å². The molecule has 1 nitrogen and oxygen atoms in total. The second-order valence-corrected chi connectivity index (χ2v) is 6.28. The van der Waals surface area contributed by atoms with Gasteiger partial charge in [-0.3, -0.25) is 0 Å². The van der Waals surface area contributed by atoms with Crippen LogP contribution in [0.3, 0.4) is 0 Å². The fourth-order valence-corrected chi connectivity index (χ4v) is 3.72. The molecule has 0 heterocycles. The smallest absolute Gasteiger partial charge is 0.128 e. The lowest BCUT2D eigenvalue weighted by Gasteiger charge is -2.34. The van der Waals surface area contributed by atoms with Crippen molar-refractivity contribution in [3.63, 3.8) is 0 Å². The molecule has 1 fully saturated rings. The van der Waals surface area contributed by atoms with Gasteiger partial charge in [0.15, 0.2) is 0 Å². The van der Waals surface area contributed by atoms with E-state index in [-0.39, 0.29) is 11.9 Å². The van der Waals surface area contributed by atoms with Gasteiger partial charge in [0, 0.05) is 11.6 Å². The van der Waals surface area contributed by atoms with E-state index in [1.807, 2.05) is 20.9 Å². The molecule has 0 spiro atoms. The predicted molar refractivity (Wildman–Crippen MR) is 78.8 cm³/mol. The maximum Gasteiger partial charge on any atom is 0.128 e. The van der Waals surface area contributed by atoms with E-state index in [0.29, 0.717) is 5.92 Å². The summed E-state index contributed by atoms with van der Waals surface area (Å²) in [5.41, 5.74) is 2.97. The molecule has 0 amide bonds. The molecule has 1 N–H and O–H groups in total. The van der Waals surface area contributed by atoms with Gasteiger partial charge in [0.2, 0.25) is 0 Å². The van der Waals surface area contributed by atoms with E-state index in [4.69, 9.17) is 0 Å². The van der Waals surface area contributed by atoms with Crippen LogP contribution in [0.25, 0.3) is 0 Å². The SMILES string of the molecule is CNC(c1c(C)cc(C)cc1F)C1CCCC(C)C1. The second-order valence-electron chi connectivity index (χ2n) is 6.28. The van der Waals surface area contributed by atoms with E-state index in [1.54, 1.807) is 6.07 Å². The molecule has 1 aliphatic rings. The molecule has 2 heteroatoms. The van der Waals surface area contributed by atoms with E-state index in [1.165, 1.54) is 25.7 Å². The normalized spacial score (nSPS) is 25.3. The molecule has 1 aromatic rings. The molecule has 0 radical (unpaired) electrons. The fourth-order valence-electron chi connectivity index (χ4n) is 3.72. The van der Waals surface area contributed by atoms with Gasteiger partial charge < -0.3 is 5.32 Å². The monoisotopic (exact) mass is 263 g/mol. The number of rotatable bonds is 3. The van der Waals surface area contributed by atoms with Crippen LogP contribution in [0.1, 0.15) is 55.3 Å². The summed E-state index contributed by atoms with van der Waals surface area (Å²) in [6.45, 7) is 6.30. The number of aryl methyl sites for hydroxylation is 2. The molecular formula is C17H26FN. The molecule has 0 aliphatic heterocycles. The van der Waals surface area contributed by atoms with Crippen molar-refractivity contribution in [2.24, 2.45) is 11.8 Å². The van der Waals surface area contributed by atoms with Gasteiger partial charge in [0.25, 0.3) is 0 Å². The Kier molecular flexibility index (Phi) is 4.62. The van der Waals surface area contributed by atoms with Crippen molar-refractivity contribution in [3.8, 4) is 0 Å². The van der Waals surface area contributed by atoms with Gasteiger partial charge >= 0.3 is 0 Å². The Balaban J connectivity index is 2.31. The Morgan fingerprint density at radius 1 is 1.26 bits per heavy atom. The summed E-state index contributed by atoms with van der Waals surface area (Å²) < 4.78 is 14.4. The van der Waals surface area contributed by atoms with Gasteiger partial charge in [0.05, 0.1) is 0 Å². The van der Waals surface area contributed by atoms with Crippen LogP contribution in [0.5, 0.6) is 0 Å². The number of nitrogens with one attached hydrogen (secondary N) is 1. The Morgan fingerprint density at radius 3 is 2.58 bits per heavy atom. The Hall–Kier alpha value is -0.890. The lowest BCUT2D eigenvalue weighted by molar-refractivity contribution is 0.226. The van der Waals surface area contributed by atoms with Gasteiger partial charge in [0.1, 0.15) is 5.82 Å². The summed E-state index contributed by atoms with van der Waals surface area (Å²) >= 11 is 0. The summed E-state index contributed by atoms with van der Waals surface area (Å²) in [5.74, 6) is 1.28. The summed E-state index contributed by atoms with van der Waals surface area (Å²) in [5, 5.41) is 3.37. The highest BCUT2D eigenvalue weighted by Crippen LogP contribution is 2.38. The maximum atomic E-state index is 14.4. The van der Waals surface area contributed by atoms with Crippen LogP contribution in [-0.4, -0.2) is 7.05 Å². The molecule has 19 heavy (non-hydrogen) atoms. The van der Waals surface area contributed by atoms with Crippen molar-refractivity contribution in [2.45, 2.75) is 52.5 Å². The maximum absolute atomic E-state index is 14.4. The van der Waals surface area contributed by atoms with Crippen LogP contribution < -0.4 is 5.32 Å². The third kappa shape index (κ3) is 3.17.